The molecule has 7 heteroatoms. The number of anilines is 2. The van der Waals surface area contributed by atoms with Gasteiger partial charge in [-0.3, -0.25) is 0 Å². The fourth-order valence-electron chi connectivity index (χ4n) is 1.28. The number of nitrogens with two attached hydrogens (primary N) is 1. The zero-order valence-electron chi connectivity index (χ0n) is 9.88. The predicted molar refractivity (Wildman–Crippen MR) is 62.8 cm³/mol. The normalized spacial score (nSPS) is 11.3. The molecule has 0 amide bonds. The van der Waals surface area contributed by atoms with Gasteiger partial charge >= 0.3 is 6.18 Å². The van der Waals surface area contributed by atoms with Crippen molar-refractivity contribution in [2.45, 2.75) is 6.18 Å². The minimum atomic E-state index is -4.29. The molecule has 0 aliphatic rings. The Kier molecular flexibility index (Phi) is 5.08. The summed E-state index contributed by atoms with van der Waals surface area (Å²) in [5.74, 6) is 0.510. The summed E-state index contributed by atoms with van der Waals surface area (Å²) in [5.41, 5.74) is 6.82. The predicted octanol–water partition coefficient (Wildman–Crippen LogP) is 2.27. The number of alkyl halides is 3. The highest BCUT2D eigenvalue weighted by molar-refractivity contribution is 5.61. The summed E-state index contributed by atoms with van der Waals surface area (Å²) < 4.78 is 44.8. The SMILES string of the molecule is COc1cc(NCCOCC(F)(F)F)ccc1N. The first-order valence-corrected chi connectivity index (χ1v) is 5.24. The molecule has 0 saturated heterocycles. The van der Waals surface area contributed by atoms with Crippen LogP contribution in [-0.2, 0) is 4.74 Å². The molecule has 1 aromatic rings. The monoisotopic (exact) mass is 264 g/mol. The highest BCUT2D eigenvalue weighted by atomic mass is 19.4. The molecule has 0 radical (unpaired) electrons. The average molecular weight is 264 g/mol. The van der Waals surface area contributed by atoms with Gasteiger partial charge in [0.25, 0.3) is 0 Å². The third-order valence-corrected chi connectivity index (χ3v) is 2.07. The van der Waals surface area contributed by atoms with Gasteiger partial charge in [0.1, 0.15) is 12.4 Å². The number of nitrogens with one attached hydrogen (secondary N) is 1. The quantitative estimate of drug-likeness (QED) is 0.611. The van der Waals surface area contributed by atoms with E-state index >= 15 is 0 Å². The van der Waals surface area contributed by atoms with Crippen LogP contribution in [0.4, 0.5) is 24.5 Å². The van der Waals surface area contributed by atoms with E-state index in [1.54, 1.807) is 18.2 Å². The molecular formula is C11H15F3N2O2. The highest BCUT2D eigenvalue weighted by Crippen LogP contribution is 2.24. The molecule has 0 fully saturated rings. The van der Waals surface area contributed by atoms with E-state index in [2.05, 4.69) is 10.1 Å². The summed E-state index contributed by atoms with van der Waals surface area (Å²) >= 11 is 0. The maximum absolute atomic E-state index is 11.8. The summed E-state index contributed by atoms with van der Waals surface area (Å²) in [4.78, 5) is 0. The van der Waals surface area contributed by atoms with E-state index in [1.165, 1.54) is 7.11 Å². The maximum Gasteiger partial charge on any atom is 0.411 e. The van der Waals surface area contributed by atoms with Crippen LogP contribution in [-0.4, -0.2) is 33.0 Å². The topological polar surface area (TPSA) is 56.5 Å². The van der Waals surface area contributed by atoms with Crippen molar-refractivity contribution in [2.75, 3.05) is 37.9 Å². The van der Waals surface area contributed by atoms with Gasteiger partial charge in [-0.2, -0.15) is 13.2 Å². The van der Waals surface area contributed by atoms with Crippen LogP contribution in [0.1, 0.15) is 0 Å². The second-order valence-electron chi connectivity index (χ2n) is 3.55. The van der Waals surface area contributed by atoms with Crippen LogP contribution in [0.3, 0.4) is 0 Å². The Bertz CT molecular complexity index is 383. The Morgan fingerprint density at radius 2 is 2.06 bits per heavy atom. The van der Waals surface area contributed by atoms with E-state index in [4.69, 9.17) is 10.5 Å². The van der Waals surface area contributed by atoms with Crippen LogP contribution in [0.15, 0.2) is 18.2 Å². The Labute approximate surface area is 103 Å². The van der Waals surface area contributed by atoms with E-state index in [-0.39, 0.29) is 13.2 Å². The van der Waals surface area contributed by atoms with Gasteiger partial charge in [-0.15, -0.1) is 0 Å². The van der Waals surface area contributed by atoms with E-state index in [0.29, 0.717) is 17.1 Å². The molecular weight excluding hydrogens is 249 g/mol. The number of hydrogen-bond acceptors (Lipinski definition) is 4. The van der Waals surface area contributed by atoms with Crippen LogP contribution in [0, 0.1) is 0 Å². The van der Waals surface area contributed by atoms with Crippen LogP contribution in [0.25, 0.3) is 0 Å². The van der Waals surface area contributed by atoms with Gasteiger partial charge in [0.15, 0.2) is 0 Å². The summed E-state index contributed by atoms with van der Waals surface area (Å²) in [6, 6.07) is 5.03. The molecule has 0 aliphatic carbocycles. The largest absolute Gasteiger partial charge is 0.495 e. The van der Waals surface area contributed by atoms with E-state index in [1.807, 2.05) is 0 Å². The van der Waals surface area contributed by atoms with Crippen molar-refractivity contribution >= 4 is 11.4 Å². The molecule has 0 unspecified atom stereocenters. The number of methoxy groups -OCH3 is 1. The molecule has 0 saturated carbocycles. The summed E-state index contributed by atoms with van der Waals surface area (Å²) in [5, 5.41) is 2.90. The minimum Gasteiger partial charge on any atom is -0.495 e. The third kappa shape index (κ3) is 5.13. The lowest BCUT2D eigenvalue weighted by Crippen LogP contribution is -2.20. The Balaban J connectivity index is 2.31. The van der Waals surface area contributed by atoms with Gasteiger partial charge in [0, 0.05) is 18.3 Å². The molecule has 1 aromatic carbocycles. The highest BCUT2D eigenvalue weighted by Gasteiger charge is 2.27. The van der Waals surface area contributed by atoms with Crippen LogP contribution in [0.2, 0.25) is 0 Å². The molecule has 1 rings (SSSR count). The van der Waals surface area contributed by atoms with Crippen molar-refractivity contribution in [3.63, 3.8) is 0 Å². The maximum atomic E-state index is 11.8. The smallest absolute Gasteiger partial charge is 0.411 e. The molecule has 0 heterocycles. The van der Waals surface area contributed by atoms with Crippen molar-refractivity contribution in [1.82, 2.24) is 0 Å². The zero-order valence-corrected chi connectivity index (χ0v) is 9.88. The third-order valence-electron chi connectivity index (χ3n) is 2.07. The number of halogens is 3. The molecule has 0 spiro atoms. The van der Waals surface area contributed by atoms with Crippen molar-refractivity contribution in [3.8, 4) is 5.75 Å². The first-order valence-electron chi connectivity index (χ1n) is 5.24. The molecule has 0 bridgehead atoms. The first kappa shape index (κ1) is 14.4. The average Bonchev–Trinajstić information content (AvgIpc) is 2.29. The number of benzene rings is 1. The van der Waals surface area contributed by atoms with Crippen LogP contribution >= 0.6 is 0 Å². The van der Waals surface area contributed by atoms with Crippen LogP contribution < -0.4 is 15.8 Å². The van der Waals surface area contributed by atoms with E-state index < -0.39 is 12.8 Å². The second kappa shape index (κ2) is 6.34. The Morgan fingerprint density at radius 3 is 2.67 bits per heavy atom. The summed E-state index contributed by atoms with van der Waals surface area (Å²) in [6.07, 6.45) is -4.29. The number of nitrogen functional groups attached to an aromatic ring is 1. The standard InChI is InChI=1S/C11H15F3N2O2/c1-17-10-6-8(2-3-9(10)15)16-4-5-18-7-11(12,13)14/h2-3,6,16H,4-5,7,15H2,1H3. The van der Waals surface area contributed by atoms with Gasteiger partial charge in [-0.25, -0.2) is 0 Å². The molecule has 18 heavy (non-hydrogen) atoms. The lowest BCUT2D eigenvalue weighted by molar-refractivity contribution is -0.172. The van der Waals surface area contributed by atoms with Crippen LogP contribution in [0.5, 0.6) is 5.75 Å². The first-order chi connectivity index (χ1) is 8.42. The summed E-state index contributed by atoms with van der Waals surface area (Å²) in [7, 11) is 1.49. The summed E-state index contributed by atoms with van der Waals surface area (Å²) in [6.45, 7) is -1.00. The minimum absolute atomic E-state index is 0.0355. The van der Waals surface area contributed by atoms with Gasteiger partial charge in [-0.05, 0) is 12.1 Å². The molecule has 102 valence electrons. The molecule has 0 aliphatic heterocycles. The van der Waals surface area contributed by atoms with Gasteiger partial charge in [-0.1, -0.05) is 0 Å². The fourth-order valence-corrected chi connectivity index (χ4v) is 1.28. The second-order valence-corrected chi connectivity index (χ2v) is 3.55. The van der Waals surface area contributed by atoms with Crippen molar-refractivity contribution < 1.29 is 22.6 Å². The van der Waals surface area contributed by atoms with Crippen molar-refractivity contribution in [2.24, 2.45) is 0 Å². The number of hydrogen-bond donors (Lipinski definition) is 2. The van der Waals surface area contributed by atoms with Crippen molar-refractivity contribution in [1.29, 1.82) is 0 Å². The number of rotatable bonds is 6. The van der Waals surface area contributed by atoms with E-state index in [0.717, 1.165) is 0 Å². The van der Waals surface area contributed by atoms with E-state index in [9.17, 15) is 13.2 Å². The molecule has 4 nitrogen and oxygen atoms in total. The zero-order chi connectivity index (χ0) is 13.6. The van der Waals surface area contributed by atoms with Gasteiger partial charge in [0.2, 0.25) is 0 Å². The number of ether oxygens (including phenoxy) is 2. The Morgan fingerprint density at radius 1 is 1.33 bits per heavy atom. The lowest BCUT2D eigenvalue weighted by atomic mass is 10.2. The van der Waals surface area contributed by atoms with Crippen molar-refractivity contribution in [3.05, 3.63) is 18.2 Å². The molecule has 3 N–H and O–H groups in total. The van der Waals surface area contributed by atoms with Gasteiger partial charge < -0.3 is 20.5 Å². The Hall–Kier alpha value is -1.63. The fraction of sp³-hybridized carbons (Fsp3) is 0.455. The van der Waals surface area contributed by atoms with Gasteiger partial charge in [0.05, 0.1) is 19.4 Å². The molecule has 0 aromatic heterocycles. The lowest BCUT2D eigenvalue weighted by Gasteiger charge is -2.11. The molecule has 0 atom stereocenters.